The molecule has 0 amide bonds. The van der Waals surface area contributed by atoms with Crippen molar-refractivity contribution in [2.45, 2.75) is 89.9 Å². The van der Waals surface area contributed by atoms with E-state index in [0.717, 1.165) is 19.3 Å². The van der Waals surface area contributed by atoms with E-state index in [9.17, 15) is 20.1 Å². The molecule has 6 nitrogen and oxygen atoms in total. The zero-order valence-corrected chi connectivity index (χ0v) is 15.3. The quantitative estimate of drug-likeness (QED) is 0.496. The Labute approximate surface area is 144 Å². The summed E-state index contributed by atoms with van der Waals surface area (Å²) in [5, 5.41) is 31.5. The van der Waals surface area contributed by atoms with Crippen LogP contribution in [0.25, 0.3) is 0 Å². The minimum absolute atomic E-state index is 0.284. The molecule has 3 N–H and O–H groups in total. The van der Waals surface area contributed by atoms with Crippen molar-refractivity contribution in [1.29, 1.82) is 0 Å². The number of esters is 1. The van der Waals surface area contributed by atoms with Gasteiger partial charge in [-0.3, -0.25) is 0 Å². The predicted octanol–water partition coefficient (Wildman–Crippen LogP) is 3.54. The molecule has 0 spiro atoms. The SMILES string of the molecule is CCCOC(CCC)(CCC)[C@@](O)(CCC)[C@H]1OC(=O)C(O)=C1O. The minimum atomic E-state index is -1.60. The minimum Gasteiger partial charge on any atom is -0.505 e. The van der Waals surface area contributed by atoms with E-state index in [1.165, 1.54) is 0 Å². The van der Waals surface area contributed by atoms with Gasteiger partial charge in [0.1, 0.15) is 11.2 Å². The fraction of sp³-hybridized carbons (Fsp3) is 0.833. The maximum atomic E-state index is 11.7. The smallest absolute Gasteiger partial charge is 0.378 e. The average molecular weight is 344 g/mol. The molecule has 0 unspecified atom stereocenters. The summed E-state index contributed by atoms with van der Waals surface area (Å²) in [6.45, 7) is 8.36. The Bertz CT molecular complexity index is 452. The molecule has 140 valence electrons. The molecule has 1 aliphatic heterocycles. The van der Waals surface area contributed by atoms with Gasteiger partial charge in [-0.25, -0.2) is 4.79 Å². The van der Waals surface area contributed by atoms with Crippen molar-refractivity contribution in [3.05, 3.63) is 11.5 Å². The average Bonchev–Trinajstić information content (AvgIpc) is 2.81. The second-order valence-electron chi connectivity index (χ2n) is 6.54. The van der Waals surface area contributed by atoms with Gasteiger partial charge in [-0.05, 0) is 25.7 Å². The van der Waals surface area contributed by atoms with Crippen LogP contribution < -0.4 is 0 Å². The molecule has 0 bridgehead atoms. The lowest BCUT2D eigenvalue weighted by molar-refractivity contribution is -0.235. The molecule has 2 atom stereocenters. The number of ether oxygens (including phenoxy) is 2. The number of cyclic esters (lactones) is 1. The molecule has 0 aromatic carbocycles. The van der Waals surface area contributed by atoms with Crippen LogP contribution in [0.1, 0.15) is 72.6 Å². The summed E-state index contributed by atoms with van der Waals surface area (Å²) in [5.41, 5.74) is -2.56. The third kappa shape index (κ3) is 3.70. The number of rotatable bonds is 11. The maximum absolute atomic E-state index is 11.7. The standard InChI is InChI=1S/C18H32O6/c1-5-9-17(10-6-2,23-12-8-4)18(22,11-7-3)15-13(19)14(20)16(21)24-15/h15,19-20,22H,5-12H2,1-4H3/t15-,18+/m0/s1. The molecular formula is C18H32O6. The highest BCUT2D eigenvalue weighted by Crippen LogP contribution is 2.45. The predicted molar refractivity (Wildman–Crippen MR) is 90.8 cm³/mol. The van der Waals surface area contributed by atoms with E-state index in [2.05, 4.69) is 0 Å². The molecule has 6 heteroatoms. The highest BCUT2D eigenvalue weighted by Gasteiger charge is 2.60. The van der Waals surface area contributed by atoms with Gasteiger partial charge in [-0.1, -0.05) is 47.0 Å². The summed E-state index contributed by atoms with van der Waals surface area (Å²) in [6.07, 6.45) is 3.06. The van der Waals surface area contributed by atoms with Gasteiger partial charge in [0.25, 0.3) is 0 Å². The molecule has 1 heterocycles. The summed E-state index contributed by atoms with van der Waals surface area (Å²) < 4.78 is 11.3. The van der Waals surface area contributed by atoms with E-state index >= 15 is 0 Å². The van der Waals surface area contributed by atoms with Crippen molar-refractivity contribution in [2.75, 3.05) is 6.61 Å². The number of aliphatic hydroxyl groups is 3. The highest BCUT2D eigenvalue weighted by molar-refractivity contribution is 5.89. The third-order valence-corrected chi connectivity index (χ3v) is 4.65. The lowest BCUT2D eigenvalue weighted by Gasteiger charge is -2.49. The highest BCUT2D eigenvalue weighted by atomic mass is 16.6. The van der Waals surface area contributed by atoms with Crippen LogP contribution in [0.4, 0.5) is 0 Å². The van der Waals surface area contributed by atoms with Crippen LogP contribution in [0.15, 0.2) is 11.5 Å². The van der Waals surface area contributed by atoms with Crippen molar-refractivity contribution in [1.82, 2.24) is 0 Å². The maximum Gasteiger partial charge on any atom is 0.378 e. The second-order valence-corrected chi connectivity index (χ2v) is 6.54. The Kier molecular flexibility index (Phi) is 7.55. The van der Waals surface area contributed by atoms with Crippen LogP contribution in [0.5, 0.6) is 0 Å². The zero-order valence-electron chi connectivity index (χ0n) is 15.3. The Morgan fingerprint density at radius 1 is 1.00 bits per heavy atom. The van der Waals surface area contributed by atoms with Crippen molar-refractivity contribution in [3.8, 4) is 0 Å². The molecule has 0 fully saturated rings. The molecule has 0 aromatic rings. The molecule has 1 rings (SSSR count). The summed E-state index contributed by atoms with van der Waals surface area (Å²) >= 11 is 0. The van der Waals surface area contributed by atoms with Crippen LogP contribution >= 0.6 is 0 Å². The molecule has 24 heavy (non-hydrogen) atoms. The van der Waals surface area contributed by atoms with E-state index in [4.69, 9.17) is 9.47 Å². The molecule has 0 saturated carbocycles. The molecule has 0 aromatic heterocycles. The van der Waals surface area contributed by atoms with Crippen LogP contribution in [0.3, 0.4) is 0 Å². The fourth-order valence-electron chi connectivity index (χ4n) is 3.68. The van der Waals surface area contributed by atoms with E-state index in [-0.39, 0.29) is 6.42 Å². The Hall–Kier alpha value is -1.27. The van der Waals surface area contributed by atoms with E-state index in [0.29, 0.717) is 25.9 Å². The number of hydrogen-bond donors (Lipinski definition) is 3. The first-order chi connectivity index (χ1) is 11.3. The number of hydrogen-bond acceptors (Lipinski definition) is 6. The van der Waals surface area contributed by atoms with Gasteiger partial charge in [0.15, 0.2) is 11.9 Å². The monoisotopic (exact) mass is 344 g/mol. The second kappa shape index (κ2) is 8.72. The summed E-state index contributed by atoms with van der Waals surface area (Å²) in [7, 11) is 0. The zero-order chi connectivity index (χ0) is 18.4. The van der Waals surface area contributed by atoms with Crippen molar-refractivity contribution < 1.29 is 29.6 Å². The Morgan fingerprint density at radius 2 is 1.54 bits per heavy atom. The molecule has 1 aliphatic rings. The number of carbonyl (C=O) groups is 1. The van der Waals surface area contributed by atoms with Gasteiger partial charge in [0, 0.05) is 6.61 Å². The van der Waals surface area contributed by atoms with E-state index in [1.54, 1.807) is 0 Å². The Balaban J connectivity index is 3.39. The number of carbonyl (C=O) groups excluding carboxylic acids is 1. The number of aliphatic hydroxyl groups excluding tert-OH is 2. The van der Waals surface area contributed by atoms with Gasteiger partial charge in [0.05, 0.1) is 0 Å². The summed E-state index contributed by atoms with van der Waals surface area (Å²) in [4.78, 5) is 11.7. The first-order valence-corrected chi connectivity index (χ1v) is 9.02. The van der Waals surface area contributed by atoms with Crippen LogP contribution in [0.2, 0.25) is 0 Å². The van der Waals surface area contributed by atoms with Crippen molar-refractivity contribution in [3.63, 3.8) is 0 Å². The first-order valence-electron chi connectivity index (χ1n) is 9.02. The molecule has 0 radical (unpaired) electrons. The van der Waals surface area contributed by atoms with E-state index in [1.807, 2.05) is 27.7 Å². The summed E-state index contributed by atoms with van der Waals surface area (Å²) in [6, 6.07) is 0. The lowest BCUT2D eigenvalue weighted by atomic mass is 9.70. The molecule has 0 saturated heterocycles. The topological polar surface area (TPSA) is 96.2 Å². The fourth-order valence-corrected chi connectivity index (χ4v) is 3.68. The lowest BCUT2D eigenvalue weighted by Crippen LogP contribution is -2.63. The van der Waals surface area contributed by atoms with Gasteiger partial charge < -0.3 is 24.8 Å². The van der Waals surface area contributed by atoms with Crippen molar-refractivity contribution in [2.24, 2.45) is 0 Å². The first kappa shape index (κ1) is 20.8. The van der Waals surface area contributed by atoms with Gasteiger partial charge in [-0.15, -0.1) is 0 Å². The Morgan fingerprint density at radius 3 is 1.92 bits per heavy atom. The summed E-state index contributed by atoms with van der Waals surface area (Å²) in [5.74, 6) is -2.44. The molecular weight excluding hydrogens is 312 g/mol. The molecule has 0 aliphatic carbocycles. The van der Waals surface area contributed by atoms with Gasteiger partial charge in [0.2, 0.25) is 5.76 Å². The van der Waals surface area contributed by atoms with Crippen LogP contribution in [-0.4, -0.2) is 45.2 Å². The largest absolute Gasteiger partial charge is 0.505 e. The van der Waals surface area contributed by atoms with E-state index < -0.39 is 34.8 Å². The van der Waals surface area contributed by atoms with Gasteiger partial charge >= 0.3 is 5.97 Å². The van der Waals surface area contributed by atoms with Crippen molar-refractivity contribution >= 4 is 5.97 Å². The third-order valence-electron chi connectivity index (χ3n) is 4.65. The van der Waals surface area contributed by atoms with Crippen LogP contribution in [-0.2, 0) is 14.3 Å². The van der Waals surface area contributed by atoms with Crippen LogP contribution in [0, 0.1) is 0 Å². The normalized spacial score (nSPS) is 21.0. The van der Waals surface area contributed by atoms with Gasteiger partial charge in [-0.2, -0.15) is 0 Å².